The Hall–Kier alpha value is -2.64. The summed E-state index contributed by atoms with van der Waals surface area (Å²) in [7, 11) is 0. The topological polar surface area (TPSA) is 59.1 Å². The van der Waals surface area contributed by atoms with Gasteiger partial charge in [0.25, 0.3) is 0 Å². The summed E-state index contributed by atoms with van der Waals surface area (Å²) in [6, 6.07) is 15.8. The number of carbonyl (C=O) groups excluding carboxylic acids is 2. The van der Waals surface area contributed by atoms with Gasteiger partial charge in [-0.15, -0.1) is 24.8 Å². The molecule has 4 rings (SSSR count). The van der Waals surface area contributed by atoms with Crippen LogP contribution in [0.15, 0.2) is 48.5 Å². The highest BCUT2D eigenvalue weighted by Gasteiger charge is 2.26. The Morgan fingerprint density at radius 3 is 1.50 bits per heavy atom. The molecule has 0 fully saturated rings. The molecule has 0 N–H and O–H groups in total. The average Bonchev–Trinajstić information content (AvgIpc) is 3.40. The lowest BCUT2D eigenvalue weighted by molar-refractivity contribution is 0.0478. The van der Waals surface area contributed by atoms with E-state index in [0.717, 1.165) is 85.1 Å². The normalized spacial score (nSPS) is 11.9. The van der Waals surface area contributed by atoms with E-state index in [9.17, 15) is 9.59 Å². The average molecular weight is 758 g/mol. The van der Waals surface area contributed by atoms with E-state index >= 15 is 0 Å². The van der Waals surface area contributed by atoms with Crippen LogP contribution in [0.1, 0.15) is 115 Å². The van der Waals surface area contributed by atoms with Crippen molar-refractivity contribution in [1.29, 1.82) is 0 Å². The molecule has 6 nitrogen and oxygen atoms in total. The molecule has 290 valence electrons. The van der Waals surface area contributed by atoms with Crippen LogP contribution in [0.3, 0.4) is 0 Å². The van der Waals surface area contributed by atoms with Crippen molar-refractivity contribution in [3.8, 4) is 22.3 Å². The molecule has 0 saturated heterocycles. The summed E-state index contributed by atoms with van der Waals surface area (Å²) in [5.41, 5.74) is 5.33. The van der Waals surface area contributed by atoms with Crippen molar-refractivity contribution < 1.29 is 19.1 Å². The Kier molecular flexibility index (Phi) is 19.7. The van der Waals surface area contributed by atoms with E-state index in [2.05, 4.69) is 71.3 Å². The molecule has 1 aliphatic rings. The van der Waals surface area contributed by atoms with Gasteiger partial charge in [0.05, 0.1) is 24.3 Å². The minimum absolute atomic E-state index is 0. The van der Waals surface area contributed by atoms with Gasteiger partial charge < -0.3 is 19.3 Å². The Morgan fingerprint density at radius 2 is 1.00 bits per heavy atom. The lowest BCUT2D eigenvalue weighted by Gasteiger charge is -2.24. The number of benzene rings is 3. The van der Waals surface area contributed by atoms with Gasteiger partial charge >= 0.3 is 11.9 Å². The van der Waals surface area contributed by atoms with E-state index in [1.165, 1.54) is 25.7 Å². The zero-order chi connectivity index (χ0) is 36.2. The van der Waals surface area contributed by atoms with Gasteiger partial charge in [-0.3, -0.25) is 0 Å². The van der Waals surface area contributed by atoms with Crippen LogP contribution in [0.5, 0.6) is 0 Å². The van der Waals surface area contributed by atoms with Crippen LogP contribution in [-0.4, -0.2) is 74.2 Å². The van der Waals surface area contributed by atoms with Crippen LogP contribution in [-0.2, 0) is 9.47 Å². The van der Waals surface area contributed by atoms with Gasteiger partial charge in [0.2, 0.25) is 0 Å². The lowest BCUT2D eigenvalue weighted by atomic mass is 9.98. The van der Waals surface area contributed by atoms with Gasteiger partial charge in [0, 0.05) is 13.1 Å². The number of nitrogens with zero attached hydrogens (tertiary/aromatic N) is 2. The second-order valence-corrected chi connectivity index (χ2v) is 16.0. The van der Waals surface area contributed by atoms with Crippen molar-refractivity contribution in [2.75, 3.05) is 52.5 Å². The Labute approximate surface area is 327 Å². The van der Waals surface area contributed by atoms with E-state index in [-0.39, 0.29) is 36.8 Å². The highest BCUT2D eigenvalue weighted by molar-refractivity contribution is 6.20. The molecule has 1 aliphatic carbocycles. The summed E-state index contributed by atoms with van der Waals surface area (Å²) in [5, 5.41) is 1.93. The number of hydrogen-bond acceptors (Lipinski definition) is 6. The van der Waals surface area contributed by atoms with E-state index < -0.39 is 0 Å². The first kappa shape index (κ1) is 45.5. The van der Waals surface area contributed by atoms with Crippen molar-refractivity contribution in [1.82, 2.24) is 9.80 Å². The van der Waals surface area contributed by atoms with Crippen LogP contribution in [0.2, 0.25) is 0 Å². The molecule has 0 radical (unpaired) electrons. The maximum atomic E-state index is 13.4. The number of carbonyl (C=O) groups is 2. The molecule has 0 aliphatic heterocycles. The molecular formula is C44H66Cl2N2O4. The van der Waals surface area contributed by atoms with Crippen LogP contribution in [0.4, 0.5) is 0 Å². The molecule has 0 heterocycles. The molecular weight excluding hydrogens is 691 g/mol. The maximum absolute atomic E-state index is 13.4. The summed E-state index contributed by atoms with van der Waals surface area (Å²) < 4.78 is 11.6. The van der Waals surface area contributed by atoms with Crippen molar-refractivity contribution in [3.63, 3.8) is 0 Å². The summed E-state index contributed by atoms with van der Waals surface area (Å²) in [6.45, 7) is 25.2. The molecule has 0 amide bonds. The fraction of sp³-hybridized carbons (Fsp3) is 0.591. The molecule has 0 atom stereocenters. The molecule has 8 heteroatoms. The Morgan fingerprint density at radius 1 is 0.538 bits per heavy atom. The maximum Gasteiger partial charge on any atom is 0.338 e. The van der Waals surface area contributed by atoms with E-state index in [1.807, 2.05) is 42.5 Å². The predicted molar refractivity (Wildman–Crippen MR) is 223 cm³/mol. The first-order valence-electron chi connectivity index (χ1n) is 19.4. The number of halogens is 2. The molecule has 52 heavy (non-hydrogen) atoms. The second kappa shape index (κ2) is 22.5. The fourth-order valence-corrected chi connectivity index (χ4v) is 6.66. The quantitative estimate of drug-likeness (QED) is 0.0588. The van der Waals surface area contributed by atoms with Gasteiger partial charge in [-0.25, -0.2) is 9.59 Å². The van der Waals surface area contributed by atoms with Gasteiger partial charge in [-0.2, -0.15) is 0 Å². The van der Waals surface area contributed by atoms with Crippen molar-refractivity contribution in [2.24, 2.45) is 23.7 Å². The number of esters is 2. The van der Waals surface area contributed by atoms with Crippen molar-refractivity contribution in [2.45, 2.75) is 93.9 Å². The monoisotopic (exact) mass is 756 g/mol. The minimum atomic E-state index is -0.289. The minimum Gasteiger partial charge on any atom is -0.462 e. The van der Waals surface area contributed by atoms with Crippen LogP contribution in [0.25, 0.3) is 33.0 Å². The summed E-state index contributed by atoms with van der Waals surface area (Å²) in [6.07, 6.45) is 6.37. The Balaban J connectivity index is 0.00000468. The van der Waals surface area contributed by atoms with Crippen LogP contribution < -0.4 is 0 Å². The van der Waals surface area contributed by atoms with Crippen LogP contribution >= 0.6 is 24.8 Å². The summed E-state index contributed by atoms with van der Waals surface area (Å²) in [4.78, 5) is 31.6. The number of ether oxygens (including phenoxy) is 2. The zero-order valence-corrected chi connectivity index (χ0v) is 34.8. The highest BCUT2D eigenvalue weighted by Crippen LogP contribution is 2.48. The third-order valence-electron chi connectivity index (χ3n) is 9.89. The third-order valence-corrected chi connectivity index (χ3v) is 9.89. The number of fused-ring (bicyclic) bond motifs is 3. The second-order valence-electron chi connectivity index (χ2n) is 16.0. The number of rotatable bonds is 22. The molecule has 0 bridgehead atoms. The molecule has 0 aromatic heterocycles. The highest BCUT2D eigenvalue weighted by atomic mass is 35.5. The fourth-order valence-electron chi connectivity index (χ4n) is 6.66. The third kappa shape index (κ3) is 13.3. The van der Waals surface area contributed by atoms with E-state index in [1.54, 1.807) is 0 Å². The molecule has 0 unspecified atom stereocenters. The molecule has 0 saturated carbocycles. The zero-order valence-electron chi connectivity index (χ0n) is 33.2. The summed E-state index contributed by atoms with van der Waals surface area (Å²) >= 11 is 0. The standard InChI is InChI=1S/C44H64N2O4.2ClH/c1-31(2)18-24-45(25-19-32(3)4)22-10-28-49-43(47)35-14-15-36-39-16-17-40(37-12-9-13-38(42(37)39)41(36)30-35)44(48)50-29-11-23-46(26-20-33(5)6)27-21-34(7)8;;/h9,12-17,30-34H,10-11,18-29H2,1-8H3;2*1H. The van der Waals surface area contributed by atoms with Gasteiger partial charge in [-0.1, -0.05) is 85.7 Å². The van der Waals surface area contributed by atoms with Gasteiger partial charge in [0.15, 0.2) is 0 Å². The SMILES string of the molecule is CC(C)CCN(CCCOC(=O)c1ccc2c(c1)-c1cccc3c(C(=O)OCCCN(CCC(C)C)CCC(C)C)ccc-2c13)CCC(C)C.Cl.Cl. The van der Waals surface area contributed by atoms with E-state index in [0.29, 0.717) is 48.0 Å². The molecule has 0 spiro atoms. The lowest BCUT2D eigenvalue weighted by Crippen LogP contribution is -2.29. The molecule has 3 aromatic rings. The first-order chi connectivity index (χ1) is 23.9. The number of hydrogen-bond donors (Lipinski definition) is 0. The van der Waals surface area contributed by atoms with Crippen molar-refractivity contribution >= 4 is 47.5 Å². The van der Waals surface area contributed by atoms with Gasteiger partial charge in [-0.05, 0) is 140 Å². The van der Waals surface area contributed by atoms with Gasteiger partial charge in [0.1, 0.15) is 0 Å². The van der Waals surface area contributed by atoms with E-state index in [4.69, 9.17) is 9.47 Å². The largest absolute Gasteiger partial charge is 0.462 e. The van der Waals surface area contributed by atoms with Crippen LogP contribution in [0, 0.1) is 23.7 Å². The summed E-state index contributed by atoms with van der Waals surface area (Å²) in [5.74, 6) is 2.14. The Bertz CT molecular complexity index is 1530. The predicted octanol–water partition coefficient (Wildman–Crippen LogP) is 11.2. The smallest absolute Gasteiger partial charge is 0.338 e. The van der Waals surface area contributed by atoms with Crippen molar-refractivity contribution in [3.05, 3.63) is 59.7 Å². The molecule has 3 aromatic carbocycles. The first-order valence-corrected chi connectivity index (χ1v) is 19.4.